The molecule has 1 amide bonds. The van der Waals surface area contributed by atoms with Gasteiger partial charge in [-0.25, -0.2) is 14.2 Å². The number of hydrogen-bond acceptors (Lipinski definition) is 6. The number of rotatable bonds is 8. The molecule has 0 fully saturated rings. The van der Waals surface area contributed by atoms with Gasteiger partial charge in [0.05, 0.1) is 25.5 Å². The van der Waals surface area contributed by atoms with Crippen LogP contribution < -0.4 is 4.90 Å². The molecule has 31 heavy (non-hydrogen) atoms. The number of ether oxygens (including phenoxy) is 2. The van der Waals surface area contributed by atoms with Crippen LogP contribution in [0.2, 0.25) is 0 Å². The molecule has 1 aromatic heterocycles. The predicted octanol–water partition coefficient (Wildman–Crippen LogP) is 4.76. The van der Waals surface area contributed by atoms with E-state index in [1.807, 2.05) is 12.1 Å². The summed E-state index contributed by atoms with van der Waals surface area (Å²) in [5.41, 5.74) is 2.63. The van der Waals surface area contributed by atoms with E-state index >= 15 is 0 Å². The van der Waals surface area contributed by atoms with Gasteiger partial charge in [0.2, 0.25) is 0 Å². The SMILES string of the molecule is CCOC(=O)c1sc(N(Cc2ccc(F)cc2)C(=O)c2ccc(COC)cc2)nc1C. The molecule has 0 unspecified atom stereocenters. The molecule has 1 heterocycles. The first-order valence-electron chi connectivity index (χ1n) is 9.71. The number of halogens is 1. The van der Waals surface area contributed by atoms with Crippen molar-refractivity contribution >= 4 is 28.3 Å². The highest BCUT2D eigenvalue weighted by atomic mass is 32.1. The molecule has 0 spiro atoms. The van der Waals surface area contributed by atoms with E-state index in [0.29, 0.717) is 27.9 Å². The molecular formula is C23H23FN2O4S. The lowest BCUT2D eigenvalue weighted by atomic mass is 10.1. The molecular weight excluding hydrogens is 419 g/mol. The molecule has 2 aromatic carbocycles. The predicted molar refractivity (Wildman–Crippen MR) is 117 cm³/mol. The number of amides is 1. The second-order valence-corrected chi connectivity index (χ2v) is 7.76. The van der Waals surface area contributed by atoms with Gasteiger partial charge in [0, 0.05) is 12.7 Å². The molecule has 0 saturated heterocycles. The lowest BCUT2D eigenvalue weighted by molar-refractivity contribution is 0.0531. The summed E-state index contributed by atoms with van der Waals surface area (Å²) in [6.07, 6.45) is 0. The van der Waals surface area contributed by atoms with Crippen LogP contribution in [0.3, 0.4) is 0 Å². The third-order valence-electron chi connectivity index (χ3n) is 4.49. The maximum absolute atomic E-state index is 13.4. The Bertz CT molecular complexity index is 1050. The molecule has 0 atom stereocenters. The number of esters is 1. The Morgan fingerprint density at radius 1 is 1.06 bits per heavy atom. The van der Waals surface area contributed by atoms with Gasteiger partial charge < -0.3 is 9.47 Å². The zero-order valence-corrected chi connectivity index (χ0v) is 18.4. The molecule has 3 aromatic rings. The minimum Gasteiger partial charge on any atom is -0.462 e. The third kappa shape index (κ3) is 5.53. The zero-order chi connectivity index (χ0) is 22.4. The third-order valence-corrected chi connectivity index (χ3v) is 5.65. The van der Waals surface area contributed by atoms with Crippen molar-refractivity contribution in [3.63, 3.8) is 0 Å². The van der Waals surface area contributed by atoms with Crippen molar-refractivity contribution < 1.29 is 23.5 Å². The first-order chi connectivity index (χ1) is 14.9. The Morgan fingerprint density at radius 3 is 2.32 bits per heavy atom. The number of anilines is 1. The standard InChI is InChI=1S/C23H23FN2O4S/c1-4-30-22(28)20-15(2)25-23(31-20)26(13-16-7-11-19(24)12-8-16)21(27)18-9-5-17(6-10-18)14-29-3/h5-12H,4,13-14H2,1-3H3. The summed E-state index contributed by atoms with van der Waals surface area (Å²) in [6, 6.07) is 13.0. The second-order valence-electron chi connectivity index (χ2n) is 6.78. The van der Waals surface area contributed by atoms with Crippen LogP contribution in [0, 0.1) is 12.7 Å². The topological polar surface area (TPSA) is 68.7 Å². The van der Waals surface area contributed by atoms with Crippen LogP contribution in [-0.4, -0.2) is 30.6 Å². The van der Waals surface area contributed by atoms with Crippen LogP contribution >= 0.6 is 11.3 Å². The average molecular weight is 443 g/mol. The van der Waals surface area contributed by atoms with Crippen molar-refractivity contribution in [1.29, 1.82) is 0 Å². The molecule has 0 aliphatic heterocycles. The van der Waals surface area contributed by atoms with Crippen LogP contribution in [0.4, 0.5) is 9.52 Å². The largest absolute Gasteiger partial charge is 0.462 e. The molecule has 3 rings (SSSR count). The van der Waals surface area contributed by atoms with Crippen LogP contribution in [-0.2, 0) is 22.6 Å². The van der Waals surface area contributed by atoms with Crippen molar-refractivity contribution in [2.24, 2.45) is 0 Å². The van der Waals surface area contributed by atoms with Crippen LogP contribution in [0.1, 0.15) is 43.8 Å². The molecule has 0 saturated carbocycles. The fraction of sp³-hybridized carbons (Fsp3) is 0.261. The van der Waals surface area contributed by atoms with E-state index in [2.05, 4.69) is 4.98 Å². The molecule has 162 valence electrons. The van der Waals surface area contributed by atoms with E-state index in [0.717, 1.165) is 22.5 Å². The number of carbonyl (C=O) groups is 2. The van der Waals surface area contributed by atoms with Crippen LogP contribution in [0.5, 0.6) is 0 Å². The van der Waals surface area contributed by atoms with E-state index in [-0.39, 0.29) is 24.9 Å². The lowest BCUT2D eigenvalue weighted by Crippen LogP contribution is -2.30. The molecule has 8 heteroatoms. The van der Waals surface area contributed by atoms with Crippen molar-refractivity contribution in [3.05, 3.63) is 81.6 Å². The molecule has 0 aliphatic rings. The number of nitrogens with zero attached hydrogens (tertiary/aromatic N) is 2. The van der Waals surface area contributed by atoms with Crippen molar-refractivity contribution in [1.82, 2.24) is 4.98 Å². The Kier molecular flexibility index (Phi) is 7.49. The van der Waals surface area contributed by atoms with Crippen LogP contribution in [0.15, 0.2) is 48.5 Å². The Hall–Kier alpha value is -3.10. The van der Waals surface area contributed by atoms with Gasteiger partial charge >= 0.3 is 5.97 Å². The Morgan fingerprint density at radius 2 is 1.71 bits per heavy atom. The summed E-state index contributed by atoms with van der Waals surface area (Å²) >= 11 is 1.10. The van der Waals surface area contributed by atoms with Crippen molar-refractivity contribution in [3.8, 4) is 0 Å². The van der Waals surface area contributed by atoms with Crippen LogP contribution in [0.25, 0.3) is 0 Å². The number of thiazole rings is 1. The highest BCUT2D eigenvalue weighted by Gasteiger charge is 2.25. The van der Waals surface area contributed by atoms with E-state index in [1.165, 1.54) is 17.0 Å². The smallest absolute Gasteiger partial charge is 0.350 e. The summed E-state index contributed by atoms with van der Waals surface area (Å²) < 4.78 is 23.5. The number of methoxy groups -OCH3 is 1. The normalized spacial score (nSPS) is 10.7. The van der Waals surface area contributed by atoms with Gasteiger partial charge in [-0.3, -0.25) is 9.69 Å². The minimum absolute atomic E-state index is 0.175. The van der Waals surface area contributed by atoms with Gasteiger partial charge in [0.1, 0.15) is 10.7 Å². The zero-order valence-electron chi connectivity index (χ0n) is 17.6. The fourth-order valence-corrected chi connectivity index (χ4v) is 3.91. The van der Waals surface area contributed by atoms with E-state index in [4.69, 9.17) is 9.47 Å². The van der Waals surface area contributed by atoms with E-state index in [9.17, 15) is 14.0 Å². The number of benzene rings is 2. The van der Waals surface area contributed by atoms with Gasteiger partial charge in [-0.05, 0) is 49.2 Å². The summed E-state index contributed by atoms with van der Waals surface area (Å²) in [4.78, 5) is 31.9. The van der Waals surface area contributed by atoms with Crippen molar-refractivity contribution in [2.45, 2.75) is 27.0 Å². The molecule has 0 N–H and O–H groups in total. The second kappa shape index (κ2) is 10.3. The highest BCUT2D eigenvalue weighted by Crippen LogP contribution is 2.29. The molecule has 6 nitrogen and oxygen atoms in total. The van der Waals surface area contributed by atoms with Gasteiger partial charge in [-0.2, -0.15) is 0 Å². The molecule has 0 bridgehead atoms. The fourth-order valence-electron chi connectivity index (χ4n) is 2.95. The Balaban J connectivity index is 1.96. The summed E-state index contributed by atoms with van der Waals surface area (Å²) in [6.45, 7) is 4.30. The summed E-state index contributed by atoms with van der Waals surface area (Å²) in [5.74, 6) is -1.11. The van der Waals surface area contributed by atoms with Gasteiger partial charge in [0.25, 0.3) is 5.91 Å². The monoisotopic (exact) mass is 442 g/mol. The first kappa shape index (κ1) is 22.6. The maximum Gasteiger partial charge on any atom is 0.350 e. The first-order valence-corrected chi connectivity index (χ1v) is 10.5. The number of hydrogen-bond donors (Lipinski definition) is 0. The minimum atomic E-state index is -0.471. The number of aryl methyl sites for hydroxylation is 1. The number of aromatic nitrogens is 1. The van der Waals surface area contributed by atoms with Gasteiger partial charge in [-0.15, -0.1) is 0 Å². The Labute approximate surface area is 184 Å². The summed E-state index contributed by atoms with van der Waals surface area (Å²) in [5, 5.41) is 0.371. The van der Waals surface area contributed by atoms with Gasteiger partial charge in [-0.1, -0.05) is 35.6 Å². The van der Waals surface area contributed by atoms with E-state index in [1.54, 1.807) is 45.2 Å². The van der Waals surface area contributed by atoms with Gasteiger partial charge in [0.15, 0.2) is 5.13 Å². The number of carbonyl (C=O) groups excluding carboxylic acids is 2. The lowest BCUT2D eigenvalue weighted by Gasteiger charge is -2.20. The molecule has 0 radical (unpaired) electrons. The van der Waals surface area contributed by atoms with E-state index < -0.39 is 5.97 Å². The highest BCUT2D eigenvalue weighted by molar-refractivity contribution is 7.17. The molecule has 0 aliphatic carbocycles. The average Bonchev–Trinajstić information content (AvgIpc) is 3.15. The maximum atomic E-state index is 13.4. The van der Waals surface area contributed by atoms with Crippen molar-refractivity contribution in [2.75, 3.05) is 18.6 Å². The summed E-state index contributed by atoms with van der Waals surface area (Å²) in [7, 11) is 1.61. The quantitative estimate of drug-likeness (QED) is 0.471.